The second-order valence-corrected chi connectivity index (χ2v) is 5.89. The number of nitrogens with zero attached hydrogens (tertiary/aromatic N) is 1. The highest BCUT2D eigenvalue weighted by atomic mass is 16.5. The summed E-state index contributed by atoms with van der Waals surface area (Å²) in [6.45, 7) is 0. The number of rotatable bonds is 3. The molecule has 1 aliphatic carbocycles. The first-order chi connectivity index (χ1) is 10.3. The quantitative estimate of drug-likeness (QED) is 0.910. The number of hydrogen-bond donors (Lipinski definition) is 1. The van der Waals surface area contributed by atoms with Gasteiger partial charge >= 0.3 is 0 Å². The zero-order valence-electron chi connectivity index (χ0n) is 12.9. The minimum atomic E-state index is 0.565. The summed E-state index contributed by atoms with van der Waals surface area (Å²) in [7, 11) is 3.32. The molecule has 1 aliphatic rings. The molecule has 0 spiro atoms. The van der Waals surface area contributed by atoms with Crippen molar-refractivity contribution in [1.82, 2.24) is 9.97 Å². The van der Waals surface area contributed by atoms with Gasteiger partial charge < -0.3 is 14.5 Å². The summed E-state index contributed by atoms with van der Waals surface area (Å²) < 4.78 is 10.7. The van der Waals surface area contributed by atoms with Crippen LogP contribution in [0.5, 0.6) is 11.5 Å². The van der Waals surface area contributed by atoms with E-state index in [2.05, 4.69) is 4.98 Å². The molecule has 1 heterocycles. The fraction of sp³-hybridized carbons (Fsp3) is 0.588. The number of nitrogens with one attached hydrogen (secondary N) is 1. The van der Waals surface area contributed by atoms with Crippen molar-refractivity contribution >= 4 is 11.0 Å². The van der Waals surface area contributed by atoms with Gasteiger partial charge in [0.05, 0.1) is 25.3 Å². The summed E-state index contributed by atoms with van der Waals surface area (Å²) in [6, 6.07) is 3.94. The number of fused-ring (bicyclic) bond motifs is 1. The first kappa shape index (κ1) is 14.2. The smallest absolute Gasteiger partial charge is 0.163 e. The number of benzene rings is 1. The van der Waals surface area contributed by atoms with Crippen molar-refractivity contribution in [2.45, 2.75) is 50.9 Å². The Morgan fingerprint density at radius 2 is 1.57 bits per heavy atom. The van der Waals surface area contributed by atoms with Crippen LogP contribution in [0.15, 0.2) is 12.1 Å². The molecule has 0 aliphatic heterocycles. The molecule has 1 N–H and O–H groups in total. The van der Waals surface area contributed by atoms with Crippen LogP contribution in [0.4, 0.5) is 0 Å². The Hall–Kier alpha value is -1.71. The highest BCUT2D eigenvalue weighted by Gasteiger charge is 2.18. The van der Waals surface area contributed by atoms with Crippen LogP contribution in [0.25, 0.3) is 11.0 Å². The van der Waals surface area contributed by atoms with Crippen LogP contribution in [0, 0.1) is 0 Å². The van der Waals surface area contributed by atoms with Gasteiger partial charge in [0.1, 0.15) is 5.82 Å². The second kappa shape index (κ2) is 6.37. The average Bonchev–Trinajstić information content (AvgIpc) is 2.87. The summed E-state index contributed by atoms with van der Waals surface area (Å²) in [6.07, 6.45) is 9.23. The highest BCUT2D eigenvalue weighted by Crippen LogP contribution is 2.34. The molecule has 0 saturated heterocycles. The molecule has 0 atom stereocenters. The minimum Gasteiger partial charge on any atom is -0.493 e. The Balaban J connectivity index is 1.92. The van der Waals surface area contributed by atoms with Gasteiger partial charge in [-0.3, -0.25) is 0 Å². The number of aromatic amines is 1. The van der Waals surface area contributed by atoms with E-state index in [4.69, 9.17) is 14.5 Å². The van der Waals surface area contributed by atoms with Crippen molar-refractivity contribution in [3.63, 3.8) is 0 Å². The molecular formula is C17H24N2O2. The van der Waals surface area contributed by atoms with Gasteiger partial charge in [0.15, 0.2) is 11.5 Å². The van der Waals surface area contributed by atoms with Crippen LogP contribution in [-0.4, -0.2) is 24.2 Å². The first-order valence-corrected chi connectivity index (χ1v) is 7.93. The summed E-state index contributed by atoms with van der Waals surface area (Å²) in [5.41, 5.74) is 1.99. The van der Waals surface area contributed by atoms with Gasteiger partial charge in [0.25, 0.3) is 0 Å². The van der Waals surface area contributed by atoms with E-state index in [-0.39, 0.29) is 0 Å². The predicted octanol–water partition coefficient (Wildman–Crippen LogP) is 4.41. The number of H-pyrrole nitrogens is 1. The molecule has 4 nitrogen and oxygen atoms in total. The van der Waals surface area contributed by atoms with Crippen molar-refractivity contribution in [3.8, 4) is 11.5 Å². The van der Waals surface area contributed by atoms with Crippen molar-refractivity contribution < 1.29 is 9.47 Å². The second-order valence-electron chi connectivity index (χ2n) is 5.89. The van der Waals surface area contributed by atoms with E-state index in [0.29, 0.717) is 5.92 Å². The molecule has 0 radical (unpaired) electrons. The molecule has 21 heavy (non-hydrogen) atoms. The summed E-state index contributed by atoms with van der Waals surface area (Å²) in [5, 5.41) is 0. The molecule has 1 aromatic carbocycles. The lowest BCUT2D eigenvalue weighted by atomic mass is 9.91. The lowest BCUT2D eigenvalue weighted by Gasteiger charge is -2.17. The normalized spacial score (nSPS) is 17.4. The number of aromatic nitrogens is 2. The van der Waals surface area contributed by atoms with E-state index in [1.165, 1.54) is 44.9 Å². The van der Waals surface area contributed by atoms with Crippen LogP contribution < -0.4 is 9.47 Å². The van der Waals surface area contributed by atoms with Crippen LogP contribution in [-0.2, 0) is 0 Å². The summed E-state index contributed by atoms with van der Waals surface area (Å²) in [4.78, 5) is 8.29. The summed E-state index contributed by atoms with van der Waals surface area (Å²) >= 11 is 0. The van der Waals surface area contributed by atoms with Crippen LogP contribution >= 0.6 is 0 Å². The van der Waals surface area contributed by atoms with E-state index in [1.807, 2.05) is 12.1 Å². The molecule has 1 saturated carbocycles. The number of methoxy groups -OCH3 is 2. The van der Waals surface area contributed by atoms with Gasteiger partial charge in [-0.1, -0.05) is 32.1 Å². The first-order valence-electron chi connectivity index (χ1n) is 7.93. The van der Waals surface area contributed by atoms with Crippen LogP contribution in [0.2, 0.25) is 0 Å². The maximum absolute atomic E-state index is 5.36. The SMILES string of the molecule is COc1cc2nc(C3CCCCCCC3)[nH]c2cc1OC. The Labute approximate surface area is 125 Å². The lowest BCUT2D eigenvalue weighted by Crippen LogP contribution is -2.04. The largest absolute Gasteiger partial charge is 0.493 e. The minimum absolute atomic E-state index is 0.565. The standard InChI is InChI=1S/C17H24N2O2/c1-20-15-10-13-14(11-16(15)21-2)19-17(18-13)12-8-6-4-3-5-7-9-12/h10-12H,3-9H2,1-2H3,(H,18,19). The van der Waals surface area contributed by atoms with Gasteiger partial charge in [-0.2, -0.15) is 0 Å². The molecule has 114 valence electrons. The Morgan fingerprint density at radius 1 is 0.952 bits per heavy atom. The zero-order valence-corrected chi connectivity index (χ0v) is 12.9. The molecule has 0 amide bonds. The third kappa shape index (κ3) is 2.99. The van der Waals surface area contributed by atoms with E-state index in [0.717, 1.165) is 28.4 Å². The van der Waals surface area contributed by atoms with Crippen LogP contribution in [0.3, 0.4) is 0 Å². The van der Waals surface area contributed by atoms with Crippen molar-refractivity contribution in [2.24, 2.45) is 0 Å². The fourth-order valence-corrected chi connectivity index (χ4v) is 3.28. The van der Waals surface area contributed by atoms with E-state index >= 15 is 0 Å². The fourth-order valence-electron chi connectivity index (χ4n) is 3.28. The lowest BCUT2D eigenvalue weighted by molar-refractivity contribution is 0.356. The van der Waals surface area contributed by atoms with Gasteiger partial charge in [0, 0.05) is 18.1 Å². The Kier molecular flexibility index (Phi) is 4.32. The molecule has 4 heteroatoms. The molecule has 3 rings (SSSR count). The van der Waals surface area contributed by atoms with E-state index < -0.39 is 0 Å². The van der Waals surface area contributed by atoms with Crippen LogP contribution in [0.1, 0.15) is 56.7 Å². The van der Waals surface area contributed by atoms with Gasteiger partial charge in [-0.05, 0) is 12.8 Å². The Morgan fingerprint density at radius 3 is 2.24 bits per heavy atom. The summed E-state index contributed by atoms with van der Waals surface area (Å²) in [5.74, 6) is 3.18. The third-order valence-electron chi connectivity index (χ3n) is 4.50. The van der Waals surface area contributed by atoms with Gasteiger partial charge in [-0.25, -0.2) is 4.98 Å². The third-order valence-corrected chi connectivity index (χ3v) is 4.50. The molecule has 1 fully saturated rings. The molecule has 2 aromatic rings. The number of imidazole rings is 1. The van der Waals surface area contributed by atoms with Crippen molar-refractivity contribution in [3.05, 3.63) is 18.0 Å². The predicted molar refractivity (Wildman–Crippen MR) is 84.3 cm³/mol. The van der Waals surface area contributed by atoms with Crippen molar-refractivity contribution in [1.29, 1.82) is 0 Å². The number of hydrogen-bond acceptors (Lipinski definition) is 3. The zero-order chi connectivity index (χ0) is 14.7. The monoisotopic (exact) mass is 288 g/mol. The maximum Gasteiger partial charge on any atom is 0.163 e. The molecular weight excluding hydrogens is 264 g/mol. The van der Waals surface area contributed by atoms with Gasteiger partial charge in [-0.15, -0.1) is 0 Å². The van der Waals surface area contributed by atoms with Gasteiger partial charge in [0.2, 0.25) is 0 Å². The molecule has 0 unspecified atom stereocenters. The Bertz CT molecular complexity index is 557. The average molecular weight is 288 g/mol. The number of ether oxygens (including phenoxy) is 2. The topological polar surface area (TPSA) is 47.1 Å². The maximum atomic E-state index is 5.36. The van der Waals surface area contributed by atoms with E-state index in [9.17, 15) is 0 Å². The van der Waals surface area contributed by atoms with Crippen molar-refractivity contribution in [2.75, 3.05) is 14.2 Å². The highest BCUT2D eigenvalue weighted by molar-refractivity contribution is 5.79. The van der Waals surface area contributed by atoms with E-state index in [1.54, 1.807) is 14.2 Å². The molecule has 1 aromatic heterocycles. The molecule has 0 bridgehead atoms.